The van der Waals surface area contributed by atoms with Crippen LogP contribution in [-0.4, -0.2) is 30.8 Å². The Balaban J connectivity index is 2.77. The van der Waals surface area contributed by atoms with E-state index in [-0.39, 0.29) is 6.61 Å². The normalized spacial score (nSPS) is 9.69. The molecule has 0 saturated carbocycles. The van der Waals surface area contributed by atoms with E-state index < -0.39 is 12.1 Å². The quantitative estimate of drug-likeness (QED) is 0.820. The van der Waals surface area contributed by atoms with Crippen LogP contribution in [0.15, 0.2) is 0 Å². The summed E-state index contributed by atoms with van der Waals surface area (Å²) >= 11 is 1.05. The molecule has 1 aromatic rings. The first-order chi connectivity index (χ1) is 7.58. The molecule has 88 valence electrons. The molecule has 0 radical (unpaired) electrons. The lowest BCUT2D eigenvalue weighted by Gasteiger charge is -1.99. The third-order valence-electron chi connectivity index (χ3n) is 1.65. The number of aromatic nitrogens is 1. The highest BCUT2D eigenvalue weighted by Gasteiger charge is 2.16. The van der Waals surface area contributed by atoms with Crippen molar-refractivity contribution in [3.05, 3.63) is 10.6 Å². The van der Waals surface area contributed by atoms with Gasteiger partial charge >= 0.3 is 12.1 Å². The smallest absolute Gasteiger partial charge is 0.413 e. The van der Waals surface area contributed by atoms with Crippen molar-refractivity contribution in [2.75, 3.05) is 19.0 Å². The fraction of sp³-hybridized carbons (Fsp3) is 0.444. The van der Waals surface area contributed by atoms with Crippen LogP contribution >= 0.6 is 11.3 Å². The largest absolute Gasteiger partial charge is 0.465 e. The van der Waals surface area contributed by atoms with Crippen molar-refractivity contribution in [3.63, 3.8) is 0 Å². The molecule has 1 heterocycles. The number of rotatable bonds is 3. The number of aryl methyl sites for hydroxylation is 1. The van der Waals surface area contributed by atoms with Gasteiger partial charge in [0.1, 0.15) is 4.88 Å². The number of carbonyl (C=O) groups excluding carboxylic acids is 2. The Morgan fingerprint density at radius 2 is 2.19 bits per heavy atom. The summed E-state index contributed by atoms with van der Waals surface area (Å²) in [5, 5.41) is 2.74. The molecule has 0 aromatic carbocycles. The summed E-state index contributed by atoms with van der Waals surface area (Å²) in [5.41, 5.74) is 0.517. The van der Waals surface area contributed by atoms with Crippen molar-refractivity contribution >= 4 is 28.5 Å². The van der Waals surface area contributed by atoms with Crippen molar-refractivity contribution in [2.24, 2.45) is 0 Å². The number of ether oxygens (including phenoxy) is 2. The van der Waals surface area contributed by atoms with E-state index in [0.29, 0.717) is 15.7 Å². The van der Waals surface area contributed by atoms with E-state index in [1.54, 1.807) is 13.8 Å². The molecule has 0 spiro atoms. The Hall–Kier alpha value is -1.63. The SMILES string of the molecule is CCOC(=O)Nc1nc(C)c(C(=O)OC)s1. The van der Waals surface area contributed by atoms with Crippen LogP contribution in [0, 0.1) is 6.92 Å². The predicted molar refractivity (Wildman–Crippen MR) is 58.8 cm³/mol. The van der Waals surface area contributed by atoms with Crippen LogP contribution in [0.2, 0.25) is 0 Å². The molecule has 0 aliphatic heterocycles. The molecule has 0 aliphatic rings. The number of nitrogens with one attached hydrogen (secondary N) is 1. The molecular formula is C9H12N2O4S. The molecule has 0 aliphatic carbocycles. The highest BCUT2D eigenvalue weighted by Crippen LogP contribution is 2.23. The van der Waals surface area contributed by atoms with E-state index in [1.165, 1.54) is 7.11 Å². The molecular weight excluding hydrogens is 232 g/mol. The second-order valence-electron chi connectivity index (χ2n) is 2.77. The van der Waals surface area contributed by atoms with Gasteiger partial charge in [0.2, 0.25) is 0 Å². The first-order valence-electron chi connectivity index (χ1n) is 4.58. The molecule has 7 heteroatoms. The van der Waals surface area contributed by atoms with Crippen LogP contribution < -0.4 is 5.32 Å². The zero-order valence-electron chi connectivity index (χ0n) is 9.20. The molecule has 1 aromatic heterocycles. The van der Waals surface area contributed by atoms with Crippen molar-refractivity contribution in [3.8, 4) is 0 Å². The summed E-state index contributed by atoms with van der Waals surface area (Å²) in [6, 6.07) is 0. The highest BCUT2D eigenvalue weighted by molar-refractivity contribution is 7.17. The summed E-state index contributed by atoms with van der Waals surface area (Å²) in [6.07, 6.45) is -0.590. The molecule has 16 heavy (non-hydrogen) atoms. The molecule has 0 bridgehead atoms. The Labute approximate surface area is 96.6 Å². The minimum absolute atomic E-state index is 0.278. The second-order valence-corrected chi connectivity index (χ2v) is 3.77. The van der Waals surface area contributed by atoms with Crippen LogP contribution in [0.5, 0.6) is 0 Å². The lowest BCUT2D eigenvalue weighted by Crippen LogP contribution is -2.12. The first-order valence-corrected chi connectivity index (χ1v) is 5.39. The van der Waals surface area contributed by atoms with Crippen LogP contribution in [0.3, 0.4) is 0 Å². The minimum Gasteiger partial charge on any atom is -0.465 e. The number of carbonyl (C=O) groups is 2. The van der Waals surface area contributed by atoms with Gasteiger partial charge in [-0.05, 0) is 13.8 Å². The molecule has 0 atom stereocenters. The molecule has 6 nitrogen and oxygen atoms in total. The standard InChI is InChI=1S/C9H12N2O4S/c1-4-15-9(13)11-8-10-5(2)6(16-8)7(12)14-3/h4H2,1-3H3,(H,10,11,13). The Morgan fingerprint density at radius 3 is 2.75 bits per heavy atom. The van der Waals surface area contributed by atoms with Gasteiger partial charge in [0.25, 0.3) is 0 Å². The van der Waals surface area contributed by atoms with Gasteiger partial charge in [-0.1, -0.05) is 11.3 Å². The van der Waals surface area contributed by atoms with Crippen molar-refractivity contribution in [1.82, 2.24) is 4.98 Å². The number of esters is 1. The molecule has 1 N–H and O–H groups in total. The molecule has 1 amide bonds. The van der Waals surface area contributed by atoms with Gasteiger partial charge in [0, 0.05) is 0 Å². The van der Waals surface area contributed by atoms with Gasteiger partial charge in [-0.15, -0.1) is 0 Å². The van der Waals surface area contributed by atoms with Crippen molar-refractivity contribution in [1.29, 1.82) is 0 Å². The summed E-state index contributed by atoms with van der Waals surface area (Å²) in [7, 11) is 1.29. The molecule has 0 unspecified atom stereocenters. The average Bonchev–Trinajstić information content (AvgIpc) is 2.58. The van der Waals surface area contributed by atoms with E-state index in [1.807, 2.05) is 0 Å². The van der Waals surface area contributed by atoms with Crippen LogP contribution in [0.1, 0.15) is 22.3 Å². The number of methoxy groups -OCH3 is 1. The van der Waals surface area contributed by atoms with Crippen LogP contribution in [0.4, 0.5) is 9.93 Å². The predicted octanol–water partition coefficient (Wildman–Crippen LogP) is 1.81. The third-order valence-corrected chi connectivity index (χ3v) is 2.70. The summed E-state index contributed by atoms with van der Waals surface area (Å²) < 4.78 is 9.25. The number of hydrogen-bond donors (Lipinski definition) is 1. The van der Waals surface area contributed by atoms with E-state index >= 15 is 0 Å². The zero-order chi connectivity index (χ0) is 12.1. The lowest BCUT2D eigenvalue weighted by molar-refractivity contribution is 0.0605. The maximum absolute atomic E-state index is 11.3. The zero-order valence-corrected chi connectivity index (χ0v) is 10.0. The fourth-order valence-corrected chi connectivity index (χ4v) is 1.86. The monoisotopic (exact) mass is 244 g/mol. The summed E-state index contributed by atoms with van der Waals surface area (Å²) in [6.45, 7) is 3.64. The van der Waals surface area contributed by atoms with Crippen LogP contribution in [-0.2, 0) is 9.47 Å². The maximum Gasteiger partial charge on any atom is 0.413 e. The number of anilines is 1. The summed E-state index contributed by atoms with van der Waals surface area (Å²) in [5.74, 6) is -0.466. The third kappa shape index (κ3) is 2.93. The van der Waals surface area contributed by atoms with Gasteiger partial charge in [-0.2, -0.15) is 0 Å². The van der Waals surface area contributed by atoms with Gasteiger partial charge in [0.05, 0.1) is 19.4 Å². The average molecular weight is 244 g/mol. The molecule has 1 rings (SSSR count). The fourth-order valence-electron chi connectivity index (χ4n) is 0.986. The van der Waals surface area contributed by atoms with Crippen molar-refractivity contribution in [2.45, 2.75) is 13.8 Å². The van der Waals surface area contributed by atoms with E-state index in [0.717, 1.165) is 11.3 Å². The van der Waals surface area contributed by atoms with Gasteiger partial charge in [0.15, 0.2) is 5.13 Å². The molecule has 0 saturated heterocycles. The summed E-state index contributed by atoms with van der Waals surface area (Å²) in [4.78, 5) is 26.7. The topological polar surface area (TPSA) is 77.5 Å². The van der Waals surface area contributed by atoms with E-state index in [2.05, 4.69) is 19.8 Å². The Bertz CT molecular complexity index is 402. The van der Waals surface area contributed by atoms with Gasteiger partial charge in [-0.3, -0.25) is 5.32 Å². The van der Waals surface area contributed by atoms with Crippen molar-refractivity contribution < 1.29 is 19.1 Å². The van der Waals surface area contributed by atoms with E-state index in [4.69, 9.17) is 0 Å². The van der Waals surface area contributed by atoms with Crippen LogP contribution in [0.25, 0.3) is 0 Å². The molecule has 0 fully saturated rings. The van der Waals surface area contributed by atoms with Gasteiger partial charge in [-0.25, -0.2) is 14.6 Å². The minimum atomic E-state index is -0.590. The number of hydrogen-bond acceptors (Lipinski definition) is 6. The Morgan fingerprint density at radius 1 is 1.50 bits per heavy atom. The highest BCUT2D eigenvalue weighted by atomic mass is 32.1. The lowest BCUT2D eigenvalue weighted by atomic mass is 10.4. The number of amides is 1. The number of nitrogens with zero attached hydrogens (tertiary/aromatic N) is 1. The first kappa shape index (κ1) is 12.4. The second kappa shape index (κ2) is 5.45. The number of thiazole rings is 1. The maximum atomic E-state index is 11.3. The Kier molecular flexibility index (Phi) is 4.24. The van der Waals surface area contributed by atoms with E-state index in [9.17, 15) is 9.59 Å². The van der Waals surface area contributed by atoms with Gasteiger partial charge < -0.3 is 9.47 Å².